The van der Waals surface area contributed by atoms with E-state index in [0.717, 1.165) is 0 Å². The molecule has 3 nitrogen and oxygen atoms in total. The van der Waals surface area contributed by atoms with Crippen LogP contribution in [0.2, 0.25) is 0 Å². The Morgan fingerprint density at radius 1 is 1.37 bits per heavy atom. The second-order valence-electron chi connectivity index (χ2n) is 4.37. The molecule has 1 rings (SSSR count). The molecule has 1 unspecified atom stereocenters. The van der Waals surface area contributed by atoms with Gasteiger partial charge in [0.05, 0.1) is 13.2 Å². The lowest BCUT2D eigenvalue weighted by molar-refractivity contribution is -0.306. The van der Waals surface area contributed by atoms with Gasteiger partial charge >= 0.3 is 18.1 Å². The molecule has 1 aliphatic heterocycles. The normalized spacial score (nSPS) is 23.1. The van der Waals surface area contributed by atoms with Crippen molar-refractivity contribution in [1.29, 1.82) is 0 Å². The van der Waals surface area contributed by atoms with Gasteiger partial charge in [0.2, 0.25) is 0 Å². The lowest BCUT2D eigenvalue weighted by Crippen LogP contribution is -2.49. The Hall–Kier alpha value is -1.18. The lowest BCUT2D eigenvalue weighted by Gasteiger charge is -2.25. The summed E-state index contributed by atoms with van der Waals surface area (Å²) >= 11 is 0. The smallest absolute Gasteiger partial charge is 0.456 e. The molecule has 1 fully saturated rings. The van der Waals surface area contributed by atoms with Crippen LogP contribution in [-0.2, 0) is 14.3 Å². The van der Waals surface area contributed by atoms with Gasteiger partial charge in [-0.25, -0.2) is 4.79 Å². The van der Waals surface area contributed by atoms with Crippen molar-refractivity contribution in [2.75, 3.05) is 13.2 Å². The van der Waals surface area contributed by atoms with Crippen LogP contribution in [0.4, 0.5) is 22.0 Å². The zero-order valence-corrected chi connectivity index (χ0v) is 10.2. The van der Waals surface area contributed by atoms with E-state index in [-0.39, 0.29) is 18.6 Å². The predicted octanol–water partition coefficient (Wildman–Crippen LogP) is 2.85. The van der Waals surface area contributed by atoms with E-state index in [1.165, 1.54) is 6.92 Å². The number of epoxide rings is 1. The molecular weight excluding hydrogens is 275 g/mol. The average Bonchev–Trinajstić information content (AvgIpc) is 3.03. The van der Waals surface area contributed by atoms with Crippen LogP contribution in [0.1, 0.15) is 19.8 Å². The number of esters is 1. The van der Waals surface area contributed by atoms with Crippen LogP contribution in [-0.4, -0.2) is 36.9 Å². The summed E-state index contributed by atoms with van der Waals surface area (Å²) in [5.74, 6) is -5.62. The van der Waals surface area contributed by atoms with E-state index in [9.17, 15) is 26.7 Å². The standard InChI is InChI=1S/C11H13F5O3/c1-7(2)8(17)18-5-3-4-9(6-19-9)10(12,13)11(14,15)16/h1,3-6H2,2H3. The number of ether oxygens (including phenoxy) is 2. The molecule has 1 saturated heterocycles. The van der Waals surface area contributed by atoms with E-state index in [1.54, 1.807) is 0 Å². The third-order valence-corrected chi connectivity index (χ3v) is 2.73. The van der Waals surface area contributed by atoms with Gasteiger partial charge in [0.15, 0.2) is 5.60 Å². The van der Waals surface area contributed by atoms with E-state index in [1.807, 2.05) is 0 Å². The highest BCUT2D eigenvalue weighted by atomic mass is 19.4. The van der Waals surface area contributed by atoms with Crippen molar-refractivity contribution >= 4 is 5.97 Å². The van der Waals surface area contributed by atoms with Crippen molar-refractivity contribution in [1.82, 2.24) is 0 Å². The molecule has 0 N–H and O–H groups in total. The topological polar surface area (TPSA) is 38.8 Å². The third kappa shape index (κ3) is 3.23. The Morgan fingerprint density at radius 2 is 1.89 bits per heavy atom. The zero-order chi connectivity index (χ0) is 14.9. The summed E-state index contributed by atoms with van der Waals surface area (Å²) in [6.45, 7) is 3.77. The van der Waals surface area contributed by atoms with Gasteiger partial charge in [-0.1, -0.05) is 6.58 Å². The van der Waals surface area contributed by atoms with E-state index in [2.05, 4.69) is 16.1 Å². The van der Waals surface area contributed by atoms with Crippen LogP contribution in [0.5, 0.6) is 0 Å². The fourth-order valence-electron chi connectivity index (χ4n) is 1.47. The summed E-state index contributed by atoms with van der Waals surface area (Å²) in [5, 5.41) is 0. The molecule has 0 aromatic rings. The van der Waals surface area contributed by atoms with Crippen molar-refractivity contribution in [2.24, 2.45) is 0 Å². The zero-order valence-electron chi connectivity index (χ0n) is 10.2. The van der Waals surface area contributed by atoms with Crippen molar-refractivity contribution in [3.05, 3.63) is 12.2 Å². The number of carbonyl (C=O) groups is 1. The van der Waals surface area contributed by atoms with Crippen molar-refractivity contribution in [2.45, 2.75) is 37.5 Å². The molecule has 19 heavy (non-hydrogen) atoms. The summed E-state index contributed by atoms with van der Waals surface area (Å²) in [5.41, 5.74) is -2.39. The molecule has 0 aromatic heterocycles. The monoisotopic (exact) mass is 288 g/mol. The summed E-state index contributed by atoms with van der Waals surface area (Å²) < 4.78 is 71.7. The number of hydrogen-bond acceptors (Lipinski definition) is 3. The van der Waals surface area contributed by atoms with Gasteiger partial charge in [0, 0.05) is 5.57 Å². The third-order valence-electron chi connectivity index (χ3n) is 2.73. The number of alkyl halides is 5. The molecule has 8 heteroatoms. The summed E-state index contributed by atoms with van der Waals surface area (Å²) in [4.78, 5) is 11.0. The minimum absolute atomic E-state index is 0.123. The van der Waals surface area contributed by atoms with E-state index in [0.29, 0.717) is 0 Å². The van der Waals surface area contributed by atoms with Crippen LogP contribution < -0.4 is 0 Å². The maximum absolute atomic E-state index is 13.1. The Morgan fingerprint density at radius 3 is 2.26 bits per heavy atom. The minimum Gasteiger partial charge on any atom is -0.462 e. The molecule has 110 valence electrons. The molecule has 1 atom stereocenters. The Bertz CT molecular complexity index is 371. The lowest BCUT2D eigenvalue weighted by atomic mass is 9.96. The molecule has 0 aromatic carbocycles. The van der Waals surface area contributed by atoms with E-state index < -0.39 is 36.7 Å². The van der Waals surface area contributed by atoms with Crippen molar-refractivity contribution in [3.8, 4) is 0 Å². The molecule has 0 saturated carbocycles. The van der Waals surface area contributed by atoms with E-state index in [4.69, 9.17) is 0 Å². The Balaban J connectivity index is 2.45. The molecule has 1 aliphatic rings. The molecule has 0 radical (unpaired) electrons. The largest absolute Gasteiger partial charge is 0.462 e. The highest BCUT2D eigenvalue weighted by molar-refractivity contribution is 5.86. The van der Waals surface area contributed by atoms with Crippen LogP contribution in [0, 0.1) is 0 Å². The molecule has 0 aliphatic carbocycles. The number of carbonyl (C=O) groups excluding carboxylic acids is 1. The first kappa shape index (κ1) is 15.9. The minimum atomic E-state index is -5.65. The van der Waals surface area contributed by atoms with Crippen LogP contribution in [0.15, 0.2) is 12.2 Å². The SMILES string of the molecule is C=C(C)C(=O)OCCCC1(C(F)(F)C(F)(F)F)CO1. The molecule has 1 heterocycles. The first-order valence-electron chi connectivity index (χ1n) is 5.45. The number of hydrogen-bond donors (Lipinski definition) is 0. The second-order valence-corrected chi connectivity index (χ2v) is 4.37. The maximum atomic E-state index is 13.1. The second kappa shape index (κ2) is 5.07. The Labute approximate surface area is 106 Å². The number of halogens is 5. The molecule has 0 bridgehead atoms. The average molecular weight is 288 g/mol. The molecule has 0 spiro atoms. The first-order valence-corrected chi connectivity index (χ1v) is 5.45. The van der Waals surface area contributed by atoms with Gasteiger partial charge < -0.3 is 9.47 Å². The van der Waals surface area contributed by atoms with Gasteiger partial charge in [0.1, 0.15) is 0 Å². The van der Waals surface area contributed by atoms with Gasteiger partial charge in [-0.2, -0.15) is 22.0 Å². The van der Waals surface area contributed by atoms with Crippen LogP contribution in [0.25, 0.3) is 0 Å². The van der Waals surface area contributed by atoms with Crippen LogP contribution in [0.3, 0.4) is 0 Å². The highest BCUT2D eigenvalue weighted by Crippen LogP contribution is 2.53. The summed E-state index contributed by atoms with van der Waals surface area (Å²) in [7, 11) is 0. The quantitative estimate of drug-likeness (QED) is 0.248. The fraction of sp³-hybridized carbons (Fsp3) is 0.727. The Kier molecular flexibility index (Phi) is 4.23. The van der Waals surface area contributed by atoms with Crippen LogP contribution >= 0.6 is 0 Å². The maximum Gasteiger partial charge on any atom is 0.456 e. The molecular formula is C11H13F5O3. The fourth-order valence-corrected chi connectivity index (χ4v) is 1.47. The van der Waals surface area contributed by atoms with E-state index >= 15 is 0 Å². The number of rotatable bonds is 6. The van der Waals surface area contributed by atoms with Gasteiger partial charge in [-0.3, -0.25) is 0 Å². The summed E-state index contributed by atoms with van der Waals surface area (Å²) in [6, 6.07) is 0. The van der Waals surface area contributed by atoms with Gasteiger partial charge in [-0.05, 0) is 19.8 Å². The summed E-state index contributed by atoms with van der Waals surface area (Å²) in [6.07, 6.45) is -6.34. The van der Waals surface area contributed by atoms with Crippen molar-refractivity contribution < 1.29 is 36.2 Å². The van der Waals surface area contributed by atoms with Gasteiger partial charge in [0.25, 0.3) is 0 Å². The first-order chi connectivity index (χ1) is 8.53. The van der Waals surface area contributed by atoms with Gasteiger partial charge in [-0.15, -0.1) is 0 Å². The molecule has 0 amide bonds. The highest BCUT2D eigenvalue weighted by Gasteiger charge is 2.76. The predicted molar refractivity (Wildman–Crippen MR) is 54.7 cm³/mol. The van der Waals surface area contributed by atoms with Crippen molar-refractivity contribution in [3.63, 3.8) is 0 Å².